The number of carbonyl (C=O) groups excluding carboxylic acids is 2. The number of anilines is 1. The van der Waals surface area contributed by atoms with Crippen molar-refractivity contribution in [1.29, 1.82) is 0 Å². The van der Waals surface area contributed by atoms with Gasteiger partial charge in [0, 0.05) is 18.0 Å². The average molecular weight is 464 g/mol. The van der Waals surface area contributed by atoms with Crippen molar-refractivity contribution < 1.29 is 28.5 Å². The van der Waals surface area contributed by atoms with Crippen molar-refractivity contribution in [3.63, 3.8) is 0 Å². The van der Waals surface area contributed by atoms with Gasteiger partial charge in [-0.05, 0) is 39.3 Å². The molecule has 0 amide bonds. The predicted octanol–water partition coefficient (Wildman–Crippen LogP) is 6.03. The molecule has 0 aliphatic heterocycles. The molecule has 0 atom stereocenters. The van der Waals surface area contributed by atoms with E-state index in [-0.39, 0.29) is 18.8 Å². The molecule has 1 aromatic carbocycles. The van der Waals surface area contributed by atoms with E-state index in [0.29, 0.717) is 30.4 Å². The first-order valence-corrected chi connectivity index (χ1v) is 12.3. The Morgan fingerprint density at radius 2 is 1.36 bits per heavy atom. The van der Waals surface area contributed by atoms with Crippen LogP contribution in [0.2, 0.25) is 0 Å². The Bertz CT molecular complexity index is 711. The van der Waals surface area contributed by atoms with Crippen molar-refractivity contribution in [3.05, 3.63) is 30.0 Å². The molecule has 0 aromatic heterocycles. The fourth-order valence-corrected chi connectivity index (χ4v) is 3.18. The van der Waals surface area contributed by atoms with Gasteiger partial charge >= 0.3 is 11.9 Å². The maximum absolute atomic E-state index is 12.1. The molecule has 7 nitrogen and oxygen atoms in total. The van der Waals surface area contributed by atoms with Gasteiger partial charge in [0.2, 0.25) is 0 Å². The highest BCUT2D eigenvalue weighted by atomic mass is 16.6. The maximum atomic E-state index is 12.1. The molecule has 186 valence electrons. The van der Waals surface area contributed by atoms with Gasteiger partial charge in [0.1, 0.15) is 0 Å². The third kappa shape index (κ3) is 11.6. The van der Waals surface area contributed by atoms with Crippen LogP contribution < -0.4 is 14.8 Å². The zero-order valence-electron chi connectivity index (χ0n) is 20.7. The van der Waals surface area contributed by atoms with Gasteiger partial charge in [-0.25, -0.2) is 9.59 Å². The summed E-state index contributed by atoms with van der Waals surface area (Å²) in [5.41, 5.74) is 0.440. The van der Waals surface area contributed by atoms with Gasteiger partial charge in [-0.3, -0.25) is 0 Å². The van der Waals surface area contributed by atoms with Crippen LogP contribution in [0.1, 0.15) is 79.1 Å². The summed E-state index contributed by atoms with van der Waals surface area (Å²) in [5.74, 6) is -0.202. The molecule has 0 fully saturated rings. The van der Waals surface area contributed by atoms with Gasteiger partial charge < -0.3 is 24.3 Å². The lowest BCUT2D eigenvalue weighted by atomic mass is 10.1. The quantitative estimate of drug-likeness (QED) is 0.0936. The van der Waals surface area contributed by atoms with Crippen molar-refractivity contribution in [1.82, 2.24) is 0 Å². The van der Waals surface area contributed by atoms with Crippen LogP contribution in [0.5, 0.6) is 11.5 Å². The zero-order valence-corrected chi connectivity index (χ0v) is 20.7. The summed E-state index contributed by atoms with van der Waals surface area (Å²) >= 11 is 0. The lowest BCUT2D eigenvalue weighted by Crippen LogP contribution is -2.19. The van der Waals surface area contributed by atoms with Crippen LogP contribution in [-0.4, -0.2) is 38.4 Å². The molecule has 0 aliphatic rings. The van der Waals surface area contributed by atoms with Crippen LogP contribution in [0, 0.1) is 0 Å². The zero-order chi connectivity index (χ0) is 24.3. The first kappa shape index (κ1) is 28.3. The molecular weight excluding hydrogens is 422 g/mol. The van der Waals surface area contributed by atoms with Crippen LogP contribution in [0.25, 0.3) is 0 Å². The first-order valence-electron chi connectivity index (χ1n) is 12.3. The smallest absolute Gasteiger partial charge is 0.347 e. The van der Waals surface area contributed by atoms with E-state index in [1.54, 1.807) is 26.0 Å². The lowest BCUT2D eigenvalue weighted by molar-refractivity contribution is -0.146. The minimum absolute atomic E-state index is 0.162. The third-order valence-corrected chi connectivity index (χ3v) is 4.87. The van der Waals surface area contributed by atoms with E-state index in [9.17, 15) is 9.59 Å². The van der Waals surface area contributed by atoms with Crippen molar-refractivity contribution >= 4 is 17.6 Å². The Hall–Kier alpha value is -2.70. The fourth-order valence-electron chi connectivity index (χ4n) is 3.18. The second-order valence-corrected chi connectivity index (χ2v) is 7.56. The Balaban J connectivity index is 2.68. The van der Waals surface area contributed by atoms with E-state index in [4.69, 9.17) is 18.9 Å². The number of hydrogen-bond donors (Lipinski definition) is 1. The van der Waals surface area contributed by atoms with E-state index in [2.05, 4.69) is 12.2 Å². The standard InChI is InChI=1S/C26H41NO6/c1-5-9-10-11-12-13-14-15-18-33-23-17-16-21(19-24(23)30-6-2)27-20-22(25(28)31-7-3)26(29)32-8-4/h16-17,19-20,27H,5-15,18H2,1-4H3. The van der Waals surface area contributed by atoms with E-state index in [1.807, 2.05) is 13.0 Å². The van der Waals surface area contributed by atoms with E-state index >= 15 is 0 Å². The highest BCUT2D eigenvalue weighted by molar-refractivity contribution is 6.14. The highest BCUT2D eigenvalue weighted by Gasteiger charge is 2.21. The molecule has 0 spiro atoms. The Labute approximate surface area is 198 Å². The monoisotopic (exact) mass is 463 g/mol. The van der Waals surface area contributed by atoms with Gasteiger partial charge in [-0.2, -0.15) is 0 Å². The lowest BCUT2D eigenvalue weighted by Gasteiger charge is -2.14. The summed E-state index contributed by atoms with van der Waals surface area (Å²) in [5, 5.41) is 2.96. The third-order valence-electron chi connectivity index (χ3n) is 4.87. The van der Waals surface area contributed by atoms with Gasteiger partial charge in [0.25, 0.3) is 0 Å². The largest absolute Gasteiger partial charge is 0.490 e. The van der Waals surface area contributed by atoms with Crippen molar-refractivity contribution in [3.8, 4) is 11.5 Å². The van der Waals surface area contributed by atoms with Crippen LogP contribution in [-0.2, 0) is 19.1 Å². The van der Waals surface area contributed by atoms with Gasteiger partial charge in [0.15, 0.2) is 17.1 Å². The van der Waals surface area contributed by atoms with Gasteiger partial charge in [0.05, 0.1) is 26.4 Å². The number of hydrogen-bond acceptors (Lipinski definition) is 7. The summed E-state index contributed by atoms with van der Waals surface area (Å²) in [6.45, 7) is 8.94. The highest BCUT2D eigenvalue weighted by Crippen LogP contribution is 2.31. The summed E-state index contributed by atoms with van der Waals surface area (Å²) in [6, 6.07) is 5.40. The van der Waals surface area contributed by atoms with Crippen LogP contribution in [0.3, 0.4) is 0 Å². The SMILES string of the molecule is CCCCCCCCCCOc1ccc(NC=C(C(=O)OCC)C(=O)OCC)cc1OCC. The number of ether oxygens (including phenoxy) is 4. The summed E-state index contributed by atoms with van der Waals surface area (Å²) < 4.78 is 21.6. The number of nitrogens with one attached hydrogen (secondary N) is 1. The molecule has 1 aromatic rings. The minimum atomic E-state index is -0.737. The van der Waals surface area contributed by atoms with Crippen molar-refractivity contribution in [2.24, 2.45) is 0 Å². The number of unbranched alkanes of at least 4 members (excludes halogenated alkanes) is 7. The number of esters is 2. The number of carbonyl (C=O) groups is 2. The molecule has 0 aliphatic carbocycles. The summed E-state index contributed by atoms with van der Waals surface area (Å²) in [4.78, 5) is 24.2. The van der Waals surface area contributed by atoms with Gasteiger partial charge in [-0.1, -0.05) is 51.9 Å². The topological polar surface area (TPSA) is 83.1 Å². The number of rotatable bonds is 18. The molecule has 33 heavy (non-hydrogen) atoms. The molecular formula is C26H41NO6. The fraction of sp³-hybridized carbons (Fsp3) is 0.615. The Kier molecular flexibility index (Phi) is 15.3. The minimum Gasteiger partial charge on any atom is -0.490 e. The average Bonchev–Trinajstić information content (AvgIpc) is 2.80. The normalized spacial score (nSPS) is 10.3. The van der Waals surface area contributed by atoms with Crippen LogP contribution in [0.4, 0.5) is 5.69 Å². The number of benzene rings is 1. The Morgan fingerprint density at radius 1 is 0.758 bits per heavy atom. The maximum Gasteiger partial charge on any atom is 0.347 e. The molecule has 1 rings (SSSR count). The molecule has 0 saturated carbocycles. The van der Waals surface area contributed by atoms with Gasteiger partial charge in [-0.15, -0.1) is 0 Å². The second kappa shape index (κ2) is 17.8. The van der Waals surface area contributed by atoms with Crippen molar-refractivity contribution in [2.45, 2.75) is 79.1 Å². The van der Waals surface area contributed by atoms with E-state index < -0.39 is 11.9 Å². The molecule has 0 saturated heterocycles. The molecule has 0 heterocycles. The molecule has 0 radical (unpaired) electrons. The predicted molar refractivity (Wildman–Crippen MR) is 131 cm³/mol. The molecule has 7 heteroatoms. The molecule has 0 unspecified atom stereocenters. The Morgan fingerprint density at radius 3 is 1.94 bits per heavy atom. The second-order valence-electron chi connectivity index (χ2n) is 7.56. The van der Waals surface area contributed by atoms with Crippen LogP contribution >= 0.6 is 0 Å². The molecule has 0 bridgehead atoms. The van der Waals surface area contributed by atoms with Crippen molar-refractivity contribution in [2.75, 3.05) is 31.7 Å². The van der Waals surface area contributed by atoms with Crippen LogP contribution in [0.15, 0.2) is 30.0 Å². The van der Waals surface area contributed by atoms with E-state index in [0.717, 1.165) is 12.8 Å². The summed E-state index contributed by atoms with van der Waals surface area (Å²) in [7, 11) is 0. The van der Waals surface area contributed by atoms with E-state index in [1.165, 1.54) is 44.7 Å². The summed E-state index contributed by atoms with van der Waals surface area (Å²) in [6.07, 6.45) is 11.2. The molecule has 1 N–H and O–H groups in total. The first-order chi connectivity index (χ1) is 16.1.